The molecular weight excluding hydrogens is 398 g/mol. The van der Waals surface area contributed by atoms with Crippen molar-refractivity contribution in [2.24, 2.45) is 11.5 Å². The van der Waals surface area contributed by atoms with Gasteiger partial charge in [-0.2, -0.15) is 0 Å². The molecular formula is C20H51N9O2. The van der Waals surface area contributed by atoms with Gasteiger partial charge in [-0.15, -0.1) is 0 Å². The lowest BCUT2D eigenvalue weighted by atomic mass is 10.5. The van der Waals surface area contributed by atoms with Crippen LogP contribution in [0, 0.1) is 0 Å². The normalized spacial score (nSPS) is 11.4. The molecule has 0 atom stereocenters. The monoisotopic (exact) mass is 449 g/mol. The smallest absolute Gasteiger partial charge is 0.0591 e. The second-order valence-electron chi connectivity index (χ2n) is 7.05. The van der Waals surface area contributed by atoms with Gasteiger partial charge in [-0.25, -0.2) is 0 Å². The molecule has 0 aliphatic heterocycles. The zero-order chi connectivity index (χ0) is 22.5. The highest BCUT2D eigenvalue weighted by atomic mass is 16.5. The van der Waals surface area contributed by atoms with Crippen molar-refractivity contribution < 1.29 is 9.47 Å². The van der Waals surface area contributed by atoms with Crippen LogP contribution in [0.5, 0.6) is 0 Å². The molecule has 0 aliphatic carbocycles. The van der Waals surface area contributed by atoms with E-state index in [4.69, 9.17) is 20.9 Å². The highest BCUT2D eigenvalue weighted by Crippen LogP contribution is 1.74. The van der Waals surface area contributed by atoms with Gasteiger partial charge in [0.25, 0.3) is 0 Å². The van der Waals surface area contributed by atoms with E-state index >= 15 is 0 Å². The maximum Gasteiger partial charge on any atom is 0.0591 e. The van der Waals surface area contributed by atoms with Gasteiger partial charge in [0.05, 0.1) is 26.4 Å². The molecule has 31 heavy (non-hydrogen) atoms. The van der Waals surface area contributed by atoms with E-state index in [1.54, 1.807) is 0 Å². The van der Waals surface area contributed by atoms with E-state index in [-0.39, 0.29) is 0 Å². The first kappa shape index (κ1) is 30.6. The van der Waals surface area contributed by atoms with Crippen molar-refractivity contribution in [2.75, 3.05) is 131 Å². The second kappa shape index (κ2) is 29.6. The third-order valence-electron chi connectivity index (χ3n) is 4.25. The number of rotatable bonds is 28. The van der Waals surface area contributed by atoms with Crippen LogP contribution in [0.4, 0.5) is 0 Å². The highest BCUT2D eigenvalue weighted by molar-refractivity contribution is 4.56. The third-order valence-corrected chi connectivity index (χ3v) is 4.25. The van der Waals surface area contributed by atoms with Crippen LogP contribution >= 0.6 is 0 Å². The Bertz CT molecular complexity index is 290. The Labute approximate surface area is 189 Å². The minimum absolute atomic E-state index is 0.687. The molecule has 0 spiro atoms. The van der Waals surface area contributed by atoms with Gasteiger partial charge in [-0.05, 0) is 0 Å². The summed E-state index contributed by atoms with van der Waals surface area (Å²) in [5.41, 5.74) is 10.8. The summed E-state index contributed by atoms with van der Waals surface area (Å²) in [7, 11) is 0. The molecule has 188 valence electrons. The zero-order valence-electron chi connectivity index (χ0n) is 19.6. The van der Waals surface area contributed by atoms with Crippen molar-refractivity contribution in [1.29, 1.82) is 0 Å². The van der Waals surface area contributed by atoms with E-state index in [0.717, 1.165) is 118 Å². The largest absolute Gasteiger partial charge is 0.379 e. The molecule has 0 radical (unpaired) electrons. The Kier molecular flexibility index (Phi) is 29.1. The average molecular weight is 450 g/mol. The van der Waals surface area contributed by atoms with E-state index in [0.29, 0.717) is 13.1 Å². The van der Waals surface area contributed by atoms with Crippen molar-refractivity contribution in [3.8, 4) is 0 Å². The van der Waals surface area contributed by atoms with Crippen LogP contribution in [-0.2, 0) is 9.47 Å². The first-order valence-electron chi connectivity index (χ1n) is 11.9. The molecule has 0 rings (SSSR count). The Balaban J connectivity index is 2.98. The molecule has 0 aromatic carbocycles. The molecule has 0 aromatic rings. The molecule has 0 saturated carbocycles. The fourth-order valence-electron chi connectivity index (χ4n) is 2.57. The topological polar surface area (TPSA) is 155 Å². The van der Waals surface area contributed by atoms with Gasteiger partial charge in [0.1, 0.15) is 0 Å². The van der Waals surface area contributed by atoms with Crippen molar-refractivity contribution >= 4 is 0 Å². The molecule has 0 aliphatic rings. The molecule has 0 aromatic heterocycles. The molecule has 11 heteroatoms. The van der Waals surface area contributed by atoms with Gasteiger partial charge in [0.15, 0.2) is 0 Å². The van der Waals surface area contributed by atoms with Crippen LogP contribution in [0.25, 0.3) is 0 Å². The molecule has 0 bridgehead atoms. The summed E-state index contributed by atoms with van der Waals surface area (Å²) in [6, 6.07) is 0. The van der Waals surface area contributed by atoms with Gasteiger partial charge in [-0.3, -0.25) is 0 Å². The zero-order valence-corrected chi connectivity index (χ0v) is 19.6. The SMILES string of the molecule is NCCNCCNCCOCCNCCNCCNCCOCCNCCNCCN. The van der Waals surface area contributed by atoms with Crippen molar-refractivity contribution in [1.82, 2.24) is 37.2 Å². The first-order valence-corrected chi connectivity index (χ1v) is 11.9. The quantitative estimate of drug-likeness (QED) is 0.0538. The molecule has 0 heterocycles. The molecule has 0 amide bonds. The van der Waals surface area contributed by atoms with Crippen LogP contribution in [-0.4, -0.2) is 131 Å². The van der Waals surface area contributed by atoms with E-state index in [1.807, 2.05) is 0 Å². The summed E-state index contributed by atoms with van der Waals surface area (Å²) in [6.07, 6.45) is 0. The summed E-state index contributed by atoms with van der Waals surface area (Å²) >= 11 is 0. The van der Waals surface area contributed by atoms with Gasteiger partial charge < -0.3 is 58.2 Å². The predicted molar refractivity (Wildman–Crippen MR) is 130 cm³/mol. The summed E-state index contributed by atoms with van der Waals surface area (Å²) in [6.45, 7) is 17.2. The van der Waals surface area contributed by atoms with Gasteiger partial charge in [0.2, 0.25) is 0 Å². The summed E-state index contributed by atoms with van der Waals surface area (Å²) in [5.74, 6) is 0. The summed E-state index contributed by atoms with van der Waals surface area (Å²) in [4.78, 5) is 0. The van der Waals surface area contributed by atoms with Crippen LogP contribution in [0.2, 0.25) is 0 Å². The van der Waals surface area contributed by atoms with Crippen LogP contribution < -0.4 is 48.7 Å². The number of nitrogens with one attached hydrogen (secondary N) is 7. The van der Waals surface area contributed by atoms with E-state index in [2.05, 4.69) is 37.2 Å². The van der Waals surface area contributed by atoms with Crippen LogP contribution in [0.3, 0.4) is 0 Å². The third kappa shape index (κ3) is 29.6. The van der Waals surface area contributed by atoms with E-state index < -0.39 is 0 Å². The van der Waals surface area contributed by atoms with Gasteiger partial charge in [-0.1, -0.05) is 0 Å². The molecule has 11 nitrogen and oxygen atoms in total. The second-order valence-corrected chi connectivity index (χ2v) is 7.05. The Morgan fingerprint density at radius 3 is 0.806 bits per heavy atom. The minimum Gasteiger partial charge on any atom is -0.379 e. The fraction of sp³-hybridized carbons (Fsp3) is 1.00. The molecule has 0 fully saturated rings. The lowest BCUT2D eigenvalue weighted by Crippen LogP contribution is -2.35. The van der Waals surface area contributed by atoms with E-state index in [1.165, 1.54) is 0 Å². The Morgan fingerprint density at radius 1 is 0.323 bits per heavy atom. The first-order chi connectivity index (χ1) is 15.4. The molecule has 11 N–H and O–H groups in total. The Morgan fingerprint density at radius 2 is 0.548 bits per heavy atom. The van der Waals surface area contributed by atoms with E-state index in [9.17, 15) is 0 Å². The number of hydrogen-bond donors (Lipinski definition) is 9. The maximum absolute atomic E-state index is 5.58. The predicted octanol–water partition coefficient (Wildman–Crippen LogP) is -3.94. The van der Waals surface area contributed by atoms with Crippen LogP contribution in [0.1, 0.15) is 0 Å². The lowest BCUT2D eigenvalue weighted by Gasteiger charge is -2.09. The van der Waals surface area contributed by atoms with Crippen LogP contribution in [0.15, 0.2) is 0 Å². The molecule has 0 unspecified atom stereocenters. The number of nitrogens with two attached hydrogens (primary N) is 2. The lowest BCUT2D eigenvalue weighted by molar-refractivity contribution is 0.137. The highest BCUT2D eigenvalue weighted by Gasteiger charge is 1.93. The van der Waals surface area contributed by atoms with Gasteiger partial charge in [0, 0.05) is 105 Å². The minimum atomic E-state index is 0.687. The summed E-state index contributed by atoms with van der Waals surface area (Å²) < 4.78 is 11.2. The van der Waals surface area contributed by atoms with Crippen molar-refractivity contribution in [2.45, 2.75) is 0 Å². The van der Waals surface area contributed by atoms with Crippen molar-refractivity contribution in [3.63, 3.8) is 0 Å². The average Bonchev–Trinajstić information content (AvgIpc) is 2.78. The van der Waals surface area contributed by atoms with Crippen molar-refractivity contribution in [3.05, 3.63) is 0 Å². The number of ether oxygens (including phenoxy) is 2. The molecule has 0 saturated heterocycles. The number of hydrogen-bond acceptors (Lipinski definition) is 11. The maximum atomic E-state index is 5.58. The fourth-order valence-corrected chi connectivity index (χ4v) is 2.57. The van der Waals surface area contributed by atoms with Gasteiger partial charge >= 0.3 is 0 Å². The standard InChI is InChI=1S/C20H51N9O2/c21-1-3-23-5-9-26-13-17-30-19-15-28-11-7-25-8-12-29-16-20-31-18-14-27-10-6-24-4-2-22/h23-29H,1-22H2. The summed E-state index contributed by atoms with van der Waals surface area (Å²) in [5, 5.41) is 23.3. The Hall–Kier alpha value is -0.440.